The lowest BCUT2D eigenvalue weighted by Gasteiger charge is -2.55. The number of piperazine rings is 3. The molecule has 3 rings (SSSR count). The number of quaternary nitrogens is 2. The van der Waals surface area contributed by atoms with Crippen LogP contribution in [0.15, 0.2) is 0 Å². The van der Waals surface area contributed by atoms with E-state index in [0.717, 1.165) is 0 Å². The van der Waals surface area contributed by atoms with Gasteiger partial charge in [-0.1, -0.05) is 90.9 Å². The molecule has 3 heterocycles. The Balaban J connectivity index is 1.49. The van der Waals surface area contributed by atoms with Crippen molar-refractivity contribution in [3.8, 4) is 0 Å². The zero-order valence-corrected chi connectivity index (χ0v) is 19.9. The maximum Gasteiger partial charge on any atom is 0.129 e. The highest BCUT2D eigenvalue weighted by Gasteiger charge is 2.47. The Hall–Kier alpha value is -0.0800. The first-order chi connectivity index (χ1) is 13.7. The lowest BCUT2D eigenvalue weighted by atomic mass is 10.0. The second-order valence-electron chi connectivity index (χ2n) is 10.4. The van der Waals surface area contributed by atoms with Gasteiger partial charge < -0.3 is 8.97 Å². The van der Waals surface area contributed by atoms with Crippen LogP contribution in [-0.2, 0) is 0 Å². The number of rotatable bonds is 18. The van der Waals surface area contributed by atoms with E-state index >= 15 is 0 Å². The molecule has 2 nitrogen and oxygen atoms in total. The molecule has 0 unspecified atom stereocenters. The first-order valence-electron chi connectivity index (χ1n) is 13.4. The second-order valence-corrected chi connectivity index (χ2v) is 10.4. The van der Waals surface area contributed by atoms with E-state index in [-0.39, 0.29) is 0 Å². The Bertz CT molecular complexity index is 318. The second kappa shape index (κ2) is 14.0. The van der Waals surface area contributed by atoms with E-state index in [1.54, 1.807) is 0 Å². The predicted octanol–water partition coefficient (Wildman–Crippen LogP) is 6.93. The van der Waals surface area contributed by atoms with E-state index in [2.05, 4.69) is 13.8 Å². The molecule has 2 bridgehead atoms. The van der Waals surface area contributed by atoms with Crippen LogP contribution in [0.3, 0.4) is 0 Å². The molecule has 0 aromatic heterocycles. The fourth-order valence-electron chi connectivity index (χ4n) is 5.78. The molecule has 0 aliphatic carbocycles. The molecule has 0 N–H and O–H groups in total. The first kappa shape index (κ1) is 24.2. The lowest BCUT2D eigenvalue weighted by molar-refractivity contribution is -1.08. The zero-order chi connectivity index (χ0) is 20.0. The van der Waals surface area contributed by atoms with E-state index in [1.165, 1.54) is 164 Å². The fraction of sp³-hybridized carbons (Fsp3) is 1.00. The fourth-order valence-corrected chi connectivity index (χ4v) is 5.78. The van der Waals surface area contributed by atoms with Crippen LogP contribution in [0.1, 0.15) is 117 Å². The Morgan fingerprint density at radius 1 is 0.357 bits per heavy atom. The average Bonchev–Trinajstić information content (AvgIpc) is 2.73. The van der Waals surface area contributed by atoms with Gasteiger partial charge in [0.15, 0.2) is 0 Å². The third-order valence-electron chi connectivity index (χ3n) is 8.12. The van der Waals surface area contributed by atoms with Crippen molar-refractivity contribution in [2.45, 2.75) is 117 Å². The summed E-state index contributed by atoms with van der Waals surface area (Å²) in [5, 5.41) is 0. The quantitative estimate of drug-likeness (QED) is 0.175. The van der Waals surface area contributed by atoms with E-state index in [0.29, 0.717) is 0 Å². The summed E-state index contributed by atoms with van der Waals surface area (Å²) >= 11 is 0. The Labute approximate surface area is 178 Å². The van der Waals surface area contributed by atoms with Gasteiger partial charge in [0.05, 0.1) is 13.1 Å². The van der Waals surface area contributed by atoms with Gasteiger partial charge in [-0.3, -0.25) is 0 Å². The summed E-state index contributed by atoms with van der Waals surface area (Å²) in [4.78, 5) is 0. The van der Waals surface area contributed by atoms with Gasteiger partial charge in [0.25, 0.3) is 0 Å². The summed E-state index contributed by atoms with van der Waals surface area (Å²) in [5.41, 5.74) is 0. The Morgan fingerprint density at radius 3 is 0.893 bits per heavy atom. The molecule has 28 heavy (non-hydrogen) atoms. The number of unbranched alkanes of at least 4 members (excludes halogenated alkanes) is 14. The molecule has 2 heteroatoms. The van der Waals surface area contributed by atoms with Crippen molar-refractivity contribution >= 4 is 0 Å². The van der Waals surface area contributed by atoms with Crippen LogP contribution in [0.2, 0.25) is 0 Å². The third kappa shape index (κ3) is 8.74. The van der Waals surface area contributed by atoms with Gasteiger partial charge in [-0.25, -0.2) is 0 Å². The number of hydrogen-bond donors (Lipinski definition) is 0. The minimum absolute atomic E-state index is 1.37. The van der Waals surface area contributed by atoms with Crippen LogP contribution in [0.5, 0.6) is 0 Å². The van der Waals surface area contributed by atoms with E-state index in [9.17, 15) is 0 Å². The van der Waals surface area contributed by atoms with Crippen LogP contribution in [0, 0.1) is 0 Å². The molecule has 0 radical (unpaired) electrons. The molecule has 0 atom stereocenters. The molecule has 3 aliphatic heterocycles. The SMILES string of the molecule is CCCCCCCCCC[N+]12CC[N+](CCCCCCCCCC)(CC1)CC2. The summed E-state index contributed by atoms with van der Waals surface area (Å²) in [6, 6.07) is 0. The van der Waals surface area contributed by atoms with Crippen molar-refractivity contribution in [3.05, 3.63) is 0 Å². The summed E-state index contributed by atoms with van der Waals surface area (Å²) in [6.45, 7) is 16.6. The normalized spacial score (nSPS) is 26.8. The summed E-state index contributed by atoms with van der Waals surface area (Å²) < 4.78 is 2.99. The van der Waals surface area contributed by atoms with Gasteiger partial charge >= 0.3 is 0 Å². The topological polar surface area (TPSA) is 0 Å². The van der Waals surface area contributed by atoms with Gasteiger partial charge in [-0.05, 0) is 25.7 Å². The van der Waals surface area contributed by atoms with Gasteiger partial charge in [0, 0.05) is 0 Å². The molecule has 0 amide bonds. The summed E-state index contributed by atoms with van der Waals surface area (Å²) in [6.07, 6.45) is 23.4. The van der Waals surface area contributed by atoms with Crippen LogP contribution < -0.4 is 0 Å². The van der Waals surface area contributed by atoms with Crippen LogP contribution in [0.25, 0.3) is 0 Å². The van der Waals surface area contributed by atoms with Gasteiger partial charge in [0.1, 0.15) is 39.3 Å². The van der Waals surface area contributed by atoms with Gasteiger partial charge in [-0.2, -0.15) is 0 Å². The first-order valence-corrected chi connectivity index (χ1v) is 13.4. The van der Waals surface area contributed by atoms with E-state index in [1.807, 2.05) is 0 Å². The summed E-state index contributed by atoms with van der Waals surface area (Å²) in [5.74, 6) is 0. The molecule has 3 aliphatic rings. The maximum atomic E-state index is 2.31. The van der Waals surface area contributed by atoms with Crippen LogP contribution in [0.4, 0.5) is 0 Å². The summed E-state index contributed by atoms with van der Waals surface area (Å²) in [7, 11) is 0. The maximum absolute atomic E-state index is 2.31. The van der Waals surface area contributed by atoms with Crippen molar-refractivity contribution in [1.82, 2.24) is 0 Å². The number of fused-ring (bicyclic) bond motifs is 3. The Kier molecular flexibility index (Phi) is 12.1. The highest BCUT2D eigenvalue weighted by molar-refractivity contribution is 4.63. The molecule has 0 aromatic carbocycles. The van der Waals surface area contributed by atoms with E-state index in [4.69, 9.17) is 0 Å². The number of nitrogens with zero attached hydrogens (tertiary/aromatic N) is 2. The van der Waals surface area contributed by atoms with Crippen molar-refractivity contribution < 1.29 is 8.97 Å². The largest absolute Gasteiger partial charge is 0.310 e. The van der Waals surface area contributed by atoms with Crippen molar-refractivity contribution in [2.24, 2.45) is 0 Å². The average molecular weight is 395 g/mol. The molecule has 0 saturated carbocycles. The smallest absolute Gasteiger partial charge is 0.129 e. The van der Waals surface area contributed by atoms with Crippen molar-refractivity contribution in [3.63, 3.8) is 0 Å². The van der Waals surface area contributed by atoms with Gasteiger partial charge in [-0.15, -0.1) is 0 Å². The third-order valence-corrected chi connectivity index (χ3v) is 8.12. The van der Waals surface area contributed by atoms with Crippen LogP contribution >= 0.6 is 0 Å². The highest BCUT2D eigenvalue weighted by Crippen LogP contribution is 2.28. The highest BCUT2D eigenvalue weighted by atomic mass is 15.5. The van der Waals surface area contributed by atoms with Crippen molar-refractivity contribution in [2.75, 3.05) is 52.4 Å². The molecule has 0 aromatic rings. The predicted molar refractivity (Wildman–Crippen MR) is 125 cm³/mol. The minimum atomic E-state index is 1.37. The lowest BCUT2D eigenvalue weighted by Crippen LogP contribution is -2.75. The molecule has 0 spiro atoms. The number of hydrogen-bond acceptors (Lipinski definition) is 0. The molecule has 3 saturated heterocycles. The zero-order valence-electron chi connectivity index (χ0n) is 19.9. The van der Waals surface area contributed by atoms with Gasteiger partial charge in [0.2, 0.25) is 0 Å². The monoisotopic (exact) mass is 394 g/mol. The minimum Gasteiger partial charge on any atom is -0.310 e. The van der Waals surface area contributed by atoms with Crippen molar-refractivity contribution in [1.29, 1.82) is 0 Å². The standard InChI is InChI=1S/C26H54N2/c1-3-5-7-9-11-13-15-17-19-27-21-24-28(25-22-27,26-23-27)20-18-16-14-12-10-8-6-4-2/h3-26H2,1-2H3/q+2. The molecule has 166 valence electrons. The molecular weight excluding hydrogens is 340 g/mol. The Morgan fingerprint density at radius 2 is 0.607 bits per heavy atom. The molecular formula is C26H54N2+2. The molecule has 3 fully saturated rings. The van der Waals surface area contributed by atoms with E-state index < -0.39 is 0 Å². The van der Waals surface area contributed by atoms with Crippen LogP contribution in [-0.4, -0.2) is 61.3 Å².